The fourth-order valence-corrected chi connectivity index (χ4v) is 5.50. The van der Waals surface area contributed by atoms with Gasteiger partial charge in [0.25, 0.3) is 11.1 Å². The maximum atomic E-state index is 13.1. The third-order valence-corrected chi connectivity index (χ3v) is 7.85. The van der Waals surface area contributed by atoms with Crippen LogP contribution in [0.3, 0.4) is 0 Å². The SMILES string of the molecule is COC(=O)c1ccc(NC(=O)Cn2cc(/C=C3\SC(=O)N(Cc4ccccc4Br)C3=O)c3ccccc32)cc1. The van der Waals surface area contributed by atoms with Gasteiger partial charge >= 0.3 is 5.97 Å². The molecule has 8 nitrogen and oxygen atoms in total. The van der Waals surface area contributed by atoms with Crippen LogP contribution in [0.25, 0.3) is 17.0 Å². The van der Waals surface area contributed by atoms with Crippen LogP contribution in [0.2, 0.25) is 0 Å². The van der Waals surface area contributed by atoms with E-state index >= 15 is 0 Å². The highest BCUT2D eigenvalue weighted by Gasteiger charge is 2.35. The van der Waals surface area contributed by atoms with Gasteiger partial charge in [-0.1, -0.05) is 52.3 Å². The molecule has 1 aliphatic heterocycles. The van der Waals surface area contributed by atoms with E-state index in [1.807, 2.05) is 48.5 Å². The second kappa shape index (κ2) is 11.3. The molecule has 196 valence electrons. The van der Waals surface area contributed by atoms with Gasteiger partial charge in [-0.05, 0) is 59.8 Å². The Kier molecular flexibility index (Phi) is 7.67. The lowest BCUT2D eigenvalue weighted by molar-refractivity contribution is -0.123. The van der Waals surface area contributed by atoms with Gasteiger partial charge < -0.3 is 14.6 Å². The second-order valence-electron chi connectivity index (χ2n) is 8.71. The van der Waals surface area contributed by atoms with Crippen molar-refractivity contribution in [2.45, 2.75) is 13.1 Å². The van der Waals surface area contributed by atoms with Crippen molar-refractivity contribution in [2.24, 2.45) is 0 Å². The largest absolute Gasteiger partial charge is 0.465 e. The number of nitrogens with zero attached hydrogens (tertiary/aromatic N) is 2. The first-order valence-electron chi connectivity index (χ1n) is 11.9. The van der Waals surface area contributed by atoms with Crippen LogP contribution < -0.4 is 5.32 Å². The van der Waals surface area contributed by atoms with Crippen molar-refractivity contribution in [3.63, 3.8) is 0 Å². The fourth-order valence-electron chi connectivity index (χ4n) is 4.26. The number of para-hydroxylation sites is 1. The predicted octanol–water partition coefficient (Wildman–Crippen LogP) is 6.07. The maximum Gasteiger partial charge on any atom is 0.337 e. The molecule has 5 rings (SSSR count). The van der Waals surface area contributed by atoms with E-state index in [1.165, 1.54) is 12.0 Å². The average Bonchev–Trinajstić information content (AvgIpc) is 3.41. The number of methoxy groups -OCH3 is 1. The molecule has 0 spiro atoms. The Labute approximate surface area is 236 Å². The number of anilines is 1. The van der Waals surface area contributed by atoms with Gasteiger partial charge in [-0.2, -0.15) is 0 Å². The molecule has 10 heteroatoms. The summed E-state index contributed by atoms with van der Waals surface area (Å²) < 4.78 is 7.32. The highest BCUT2D eigenvalue weighted by molar-refractivity contribution is 9.10. The molecule has 39 heavy (non-hydrogen) atoms. The molecule has 3 amide bonds. The Hall–Kier alpha value is -4.15. The second-order valence-corrected chi connectivity index (χ2v) is 10.6. The number of halogens is 1. The zero-order valence-corrected chi connectivity index (χ0v) is 23.1. The molecule has 1 N–H and O–H groups in total. The lowest BCUT2D eigenvalue weighted by atomic mass is 10.1. The molecule has 0 saturated carbocycles. The van der Waals surface area contributed by atoms with Gasteiger partial charge in [0, 0.05) is 32.8 Å². The first kappa shape index (κ1) is 26.5. The van der Waals surface area contributed by atoms with E-state index < -0.39 is 5.97 Å². The molecule has 1 aromatic heterocycles. The number of hydrogen-bond donors (Lipinski definition) is 1. The maximum absolute atomic E-state index is 13.1. The van der Waals surface area contributed by atoms with Gasteiger partial charge in [0.1, 0.15) is 6.54 Å². The summed E-state index contributed by atoms with van der Waals surface area (Å²) in [7, 11) is 1.31. The van der Waals surface area contributed by atoms with Gasteiger partial charge in [0.05, 0.1) is 24.1 Å². The van der Waals surface area contributed by atoms with Gasteiger partial charge in [0.2, 0.25) is 5.91 Å². The summed E-state index contributed by atoms with van der Waals surface area (Å²) in [4.78, 5) is 51.9. The van der Waals surface area contributed by atoms with E-state index in [0.29, 0.717) is 16.2 Å². The quantitative estimate of drug-likeness (QED) is 0.203. The number of carbonyl (C=O) groups excluding carboxylic acids is 4. The zero-order chi connectivity index (χ0) is 27.5. The van der Waals surface area contributed by atoms with Gasteiger partial charge in [-0.25, -0.2) is 4.79 Å². The van der Waals surface area contributed by atoms with Crippen LogP contribution in [0.4, 0.5) is 10.5 Å². The monoisotopic (exact) mass is 603 g/mol. The summed E-state index contributed by atoms with van der Waals surface area (Å²) in [5.74, 6) is -1.07. The third kappa shape index (κ3) is 5.67. The number of amides is 3. The number of rotatable bonds is 7. The number of nitrogens with one attached hydrogen (secondary N) is 1. The molecular formula is C29H22BrN3O5S. The fraction of sp³-hybridized carbons (Fsp3) is 0.103. The first-order valence-corrected chi connectivity index (χ1v) is 13.5. The number of fused-ring (bicyclic) bond motifs is 1. The minimum atomic E-state index is -0.454. The van der Waals surface area contributed by atoms with Crippen molar-refractivity contribution in [1.82, 2.24) is 9.47 Å². The average molecular weight is 604 g/mol. The molecule has 0 radical (unpaired) electrons. The number of thioether (sulfide) groups is 1. The van der Waals surface area contributed by atoms with Crippen LogP contribution in [0, 0.1) is 0 Å². The lowest BCUT2D eigenvalue weighted by Gasteiger charge is -2.13. The first-order chi connectivity index (χ1) is 18.8. The molecule has 4 aromatic rings. The highest BCUT2D eigenvalue weighted by atomic mass is 79.9. The Morgan fingerprint density at radius 2 is 1.72 bits per heavy atom. The Morgan fingerprint density at radius 1 is 1.00 bits per heavy atom. The summed E-state index contributed by atoms with van der Waals surface area (Å²) >= 11 is 4.37. The molecule has 3 aromatic carbocycles. The minimum Gasteiger partial charge on any atom is -0.465 e. The van der Waals surface area contributed by atoms with Crippen molar-refractivity contribution >= 4 is 73.4 Å². The standard InChI is InChI=1S/C29H22BrN3O5S/c1-38-28(36)18-10-12-21(13-11-18)31-26(34)17-32-15-20(22-7-3-5-9-24(22)32)14-25-27(35)33(29(37)39-25)16-19-6-2-4-8-23(19)30/h2-15H,16-17H2,1H3,(H,31,34)/b25-14-. The lowest BCUT2D eigenvalue weighted by Crippen LogP contribution is -2.27. The van der Waals surface area contributed by atoms with Crippen LogP contribution in [0.5, 0.6) is 0 Å². The molecule has 0 atom stereocenters. The number of imide groups is 1. The number of ether oxygens (including phenoxy) is 1. The van der Waals surface area contributed by atoms with E-state index in [-0.39, 0.29) is 30.1 Å². The zero-order valence-electron chi connectivity index (χ0n) is 20.7. The van der Waals surface area contributed by atoms with Crippen molar-refractivity contribution in [3.05, 3.63) is 105 Å². The number of hydrogen-bond acceptors (Lipinski definition) is 6. The Morgan fingerprint density at radius 3 is 2.46 bits per heavy atom. The molecule has 0 bridgehead atoms. The van der Waals surface area contributed by atoms with Crippen LogP contribution in [0.1, 0.15) is 21.5 Å². The molecule has 1 fully saturated rings. The minimum absolute atomic E-state index is 0.0244. The topological polar surface area (TPSA) is 97.7 Å². The van der Waals surface area contributed by atoms with E-state index in [1.54, 1.807) is 41.1 Å². The number of aromatic nitrogens is 1. The highest BCUT2D eigenvalue weighted by Crippen LogP contribution is 2.35. The van der Waals surface area contributed by atoms with Crippen LogP contribution in [0.15, 0.2) is 88.4 Å². The van der Waals surface area contributed by atoms with Crippen molar-refractivity contribution in [1.29, 1.82) is 0 Å². The molecule has 2 heterocycles. The normalized spacial score (nSPS) is 14.3. The van der Waals surface area contributed by atoms with Crippen molar-refractivity contribution in [3.8, 4) is 0 Å². The summed E-state index contributed by atoms with van der Waals surface area (Å²) in [5.41, 5.74) is 3.31. The summed E-state index contributed by atoms with van der Waals surface area (Å²) in [6.07, 6.45) is 3.50. The van der Waals surface area contributed by atoms with Gasteiger partial charge in [-0.3, -0.25) is 19.3 Å². The summed E-state index contributed by atoms with van der Waals surface area (Å²) in [6.45, 7) is 0.197. The van der Waals surface area contributed by atoms with Crippen LogP contribution in [-0.2, 0) is 27.4 Å². The Bertz CT molecular complexity index is 1640. The van der Waals surface area contributed by atoms with Crippen molar-refractivity contribution < 1.29 is 23.9 Å². The molecule has 1 aliphatic rings. The van der Waals surface area contributed by atoms with Crippen LogP contribution >= 0.6 is 27.7 Å². The van der Waals surface area contributed by atoms with E-state index in [0.717, 1.165) is 38.3 Å². The van der Waals surface area contributed by atoms with E-state index in [4.69, 9.17) is 4.74 Å². The summed E-state index contributed by atoms with van der Waals surface area (Å²) in [6, 6.07) is 21.4. The Balaban J connectivity index is 1.35. The smallest absolute Gasteiger partial charge is 0.337 e. The summed E-state index contributed by atoms with van der Waals surface area (Å²) in [5, 5.41) is 3.35. The number of esters is 1. The van der Waals surface area contributed by atoms with E-state index in [2.05, 4.69) is 21.2 Å². The molecule has 0 unspecified atom stereocenters. The number of benzene rings is 3. The third-order valence-electron chi connectivity index (χ3n) is 6.17. The van der Waals surface area contributed by atoms with E-state index in [9.17, 15) is 19.2 Å². The molecule has 0 aliphatic carbocycles. The molecule has 1 saturated heterocycles. The van der Waals surface area contributed by atoms with Gasteiger partial charge in [-0.15, -0.1) is 0 Å². The number of carbonyl (C=O) groups is 4. The van der Waals surface area contributed by atoms with Crippen molar-refractivity contribution in [2.75, 3.05) is 12.4 Å². The molecular weight excluding hydrogens is 582 g/mol. The van der Waals surface area contributed by atoms with Gasteiger partial charge in [0.15, 0.2) is 0 Å². The predicted molar refractivity (Wildman–Crippen MR) is 154 cm³/mol. The van der Waals surface area contributed by atoms with Crippen LogP contribution in [-0.4, -0.2) is 39.6 Å².